The van der Waals surface area contributed by atoms with Crippen LogP contribution in [0.5, 0.6) is 0 Å². The van der Waals surface area contributed by atoms with Crippen molar-refractivity contribution in [2.45, 2.75) is 50.0 Å². The maximum absolute atomic E-state index is 14.3. The van der Waals surface area contributed by atoms with Crippen LogP contribution in [0.2, 0.25) is 0 Å². The fraction of sp³-hybridized carbons (Fsp3) is 0.348. The first-order valence-electron chi connectivity index (χ1n) is 10.5. The van der Waals surface area contributed by atoms with Crippen LogP contribution < -0.4 is 5.32 Å². The average molecular weight is 561 g/mol. The van der Waals surface area contributed by atoms with Gasteiger partial charge in [-0.25, -0.2) is 13.6 Å². The normalized spacial score (nSPS) is 22.1. The number of hydrogen-bond donors (Lipinski definition) is 1. The van der Waals surface area contributed by atoms with Gasteiger partial charge in [0.15, 0.2) is 0 Å². The Morgan fingerprint density at radius 2 is 1.89 bits per heavy atom. The van der Waals surface area contributed by atoms with Crippen molar-refractivity contribution in [2.24, 2.45) is 0 Å². The van der Waals surface area contributed by atoms with Crippen LogP contribution in [0.4, 0.5) is 26.7 Å². The van der Waals surface area contributed by atoms with Crippen LogP contribution in [-0.2, 0) is 26.5 Å². The summed E-state index contributed by atoms with van der Waals surface area (Å²) in [6.07, 6.45) is -6.50. The van der Waals surface area contributed by atoms with Crippen molar-refractivity contribution in [2.75, 3.05) is 0 Å². The molecule has 6 nitrogen and oxygen atoms in total. The minimum Gasteiger partial charge on any atom is -0.427 e. The van der Waals surface area contributed by atoms with Gasteiger partial charge in [0, 0.05) is 24.9 Å². The van der Waals surface area contributed by atoms with Gasteiger partial charge in [0.25, 0.3) is 5.91 Å². The fourth-order valence-corrected chi connectivity index (χ4v) is 4.83. The number of carbonyl (C=O) groups excluding carboxylic acids is 3. The number of amides is 3. The zero-order chi connectivity index (χ0) is 25.7. The summed E-state index contributed by atoms with van der Waals surface area (Å²) in [7, 11) is 0. The Bertz CT molecular complexity index is 1200. The standard InChI is InChI=1S/C23H18BrF5N2O4/c1-11(23(27,28)29)31(10-12-2-4-14(25)5-3-12)19(32)6-13-9-22(20(33)30-21(34)35-22)16-8-18(26)17(24)7-15(13)16/h2-5,7-8,11,13H,6,9-10H2,1H3,(H,30,33,34). The summed E-state index contributed by atoms with van der Waals surface area (Å²) in [6.45, 7) is 0.400. The summed E-state index contributed by atoms with van der Waals surface area (Å²) < 4.78 is 73.6. The topological polar surface area (TPSA) is 75.7 Å². The van der Waals surface area contributed by atoms with Gasteiger partial charge in [-0.2, -0.15) is 13.2 Å². The lowest BCUT2D eigenvalue weighted by Gasteiger charge is -2.32. The average Bonchev–Trinajstić information content (AvgIpc) is 3.21. The molecule has 1 heterocycles. The van der Waals surface area contributed by atoms with E-state index in [1.807, 2.05) is 5.32 Å². The van der Waals surface area contributed by atoms with Gasteiger partial charge in [-0.1, -0.05) is 12.1 Å². The number of fused-ring (bicyclic) bond motifs is 2. The predicted octanol–water partition coefficient (Wildman–Crippen LogP) is 5.05. The van der Waals surface area contributed by atoms with Crippen LogP contribution in [0.15, 0.2) is 40.9 Å². The Kier molecular flexibility index (Phi) is 6.37. The number of alkyl halides is 3. The van der Waals surface area contributed by atoms with E-state index in [1.54, 1.807) is 0 Å². The molecule has 1 spiro atoms. The molecule has 1 fully saturated rings. The Morgan fingerprint density at radius 1 is 1.23 bits per heavy atom. The molecule has 35 heavy (non-hydrogen) atoms. The van der Waals surface area contributed by atoms with Gasteiger partial charge in [0.05, 0.1) is 4.47 Å². The van der Waals surface area contributed by atoms with Crippen molar-refractivity contribution < 1.29 is 41.1 Å². The second-order valence-electron chi connectivity index (χ2n) is 8.50. The van der Waals surface area contributed by atoms with E-state index in [1.165, 1.54) is 18.2 Å². The van der Waals surface area contributed by atoms with Crippen molar-refractivity contribution in [3.63, 3.8) is 0 Å². The number of alkyl carbamates (subject to hydrolysis) is 1. The third-order valence-electron chi connectivity index (χ3n) is 6.30. The van der Waals surface area contributed by atoms with E-state index >= 15 is 0 Å². The van der Waals surface area contributed by atoms with Crippen LogP contribution in [-0.4, -0.2) is 35.0 Å². The van der Waals surface area contributed by atoms with Crippen molar-refractivity contribution in [1.29, 1.82) is 0 Å². The molecule has 12 heteroatoms. The van der Waals surface area contributed by atoms with Crippen LogP contribution >= 0.6 is 15.9 Å². The number of nitrogens with zero attached hydrogens (tertiary/aromatic N) is 1. The van der Waals surface area contributed by atoms with E-state index in [0.29, 0.717) is 10.5 Å². The van der Waals surface area contributed by atoms with Crippen LogP contribution in [0, 0.1) is 11.6 Å². The SMILES string of the molecule is CC(N(Cc1ccc(F)cc1)C(=O)CC1CC2(OC(=O)NC2=O)c2cc(F)c(Br)cc21)C(F)(F)F. The fourth-order valence-electron chi connectivity index (χ4n) is 4.47. The van der Waals surface area contributed by atoms with Crippen molar-refractivity contribution in [1.82, 2.24) is 10.2 Å². The maximum Gasteiger partial charge on any atom is 0.415 e. The van der Waals surface area contributed by atoms with Crippen molar-refractivity contribution in [3.05, 3.63) is 69.2 Å². The number of carbonyl (C=O) groups is 3. The molecule has 0 saturated carbocycles. The molecule has 0 radical (unpaired) electrons. The molecule has 2 aromatic rings. The van der Waals surface area contributed by atoms with Crippen LogP contribution in [0.25, 0.3) is 0 Å². The van der Waals surface area contributed by atoms with Gasteiger partial charge in [-0.15, -0.1) is 0 Å². The predicted molar refractivity (Wildman–Crippen MR) is 115 cm³/mol. The number of nitrogens with one attached hydrogen (secondary N) is 1. The molecule has 2 aromatic carbocycles. The molecule has 1 aliphatic carbocycles. The molecule has 0 bridgehead atoms. The summed E-state index contributed by atoms with van der Waals surface area (Å²) in [6, 6.07) is 4.88. The minimum atomic E-state index is -4.74. The Hall–Kier alpha value is -3.02. The minimum absolute atomic E-state index is 0.0160. The molecule has 0 aromatic heterocycles. The molecule has 4 rings (SSSR count). The molecule has 3 unspecified atom stereocenters. The largest absolute Gasteiger partial charge is 0.427 e. The molecular formula is C23H18BrF5N2O4. The number of ether oxygens (including phenoxy) is 1. The number of halogens is 6. The molecule has 1 saturated heterocycles. The first-order chi connectivity index (χ1) is 16.3. The number of rotatable bonds is 5. The van der Waals surface area contributed by atoms with Gasteiger partial charge in [-0.3, -0.25) is 14.9 Å². The first-order valence-corrected chi connectivity index (χ1v) is 11.3. The molecule has 3 amide bonds. The van der Waals surface area contributed by atoms with E-state index in [9.17, 15) is 36.3 Å². The van der Waals surface area contributed by atoms with Gasteiger partial charge in [0.1, 0.15) is 17.7 Å². The highest BCUT2D eigenvalue weighted by atomic mass is 79.9. The molecule has 3 atom stereocenters. The third kappa shape index (κ3) is 4.63. The second kappa shape index (κ2) is 8.89. The Labute approximate surface area is 204 Å². The van der Waals surface area contributed by atoms with Gasteiger partial charge < -0.3 is 9.64 Å². The van der Waals surface area contributed by atoms with E-state index in [2.05, 4.69) is 15.9 Å². The summed E-state index contributed by atoms with van der Waals surface area (Å²) >= 11 is 3.04. The summed E-state index contributed by atoms with van der Waals surface area (Å²) in [5, 5.41) is 1.99. The highest BCUT2D eigenvalue weighted by Crippen LogP contribution is 2.51. The third-order valence-corrected chi connectivity index (χ3v) is 6.91. The molecule has 1 N–H and O–H groups in total. The molecule has 1 aliphatic heterocycles. The quantitative estimate of drug-likeness (QED) is 0.519. The summed E-state index contributed by atoms with van der Waals surface area (Å²) in [5.41, 5.74) is -1.25. The van der Waals surface area contributed by atoms with Gasteiger partial charge in [0.2, 0.25) is 11.5 Å². The lowest BCUT2D eigenvalue weighted by atomic mass is 9.93. The summed E-state index contributed by atoms with van der Waals surface area (Å²) in [4.78, 5) is 38.2. The molecule has 2 aliphatic rings. The number of imide groups is 1. The highest BCUT2D eigenvalue weighted by Gasteiger charge is 2.58. The zero-order valence-electron chi connectivity index (χ0n) is 18.1. The Morgan fingerprint density at radius 3 is 2.46 bits per heavy atom. The Balaban J connectivity index is 1.67. The van der Waals surface area contributed by atoms with Crippen LogP contribution in [0.1, 0.15) is 42.4 Å². The van der Waals surface area contributed by atoms with Crippen molar-refractivity contribution >= 4 is 33.8 Å². The highest BCUT2D eigenvalue weighted by molar-refractivity contribution is 9.10. The van der Waals surface area contributed by atoms with Crippen LogP contribution in [0.3, 0.4) is 0 Å². The number of benzene rings is 2. The lowest BCUT2D eigenvalue weighted by Crippen LogP contribution is -2.46. The van der Waals surface area contributed by atoms with E-state index in [0.717, 1.165) is 25.1 Å². The van der Waals surface area contributed by atoms with E-state index in [4.69, 9.17) is 4.74 Å². The van der Waals surface area contributed by atoms with E-state index in [-0.39, 0.29) is 22.0 Å². The van der Waals surface area contributed by atoms with Gasteiger partial charge in [-0.05, 0) is 64.2 Å². The second-order valence-corrected chi connectivity index (χ2v) is 9.35. The monoisotopic (exact) mass is 560 g/mol. The summed E-state index contributed by atoms with van der Waals surface area (Å²) in [5.74, 6) is -3.90. The molecule has 186 valence electrons. The zero-order valence-corrected chi connectivity index (χ0v) is 19.7. The maximum atomic E-state index is 14.3. The van der Waals surface area contributed by atoms with E-state index < -0.39 is 66.2 Å². The molecular weight excluding hydrogens is 543 g/mol. The smallest absolute Gasteiger partial charge is 0.415 e. The first kappa shape index (κ1) is 25.1. The van der Waals surface area contributed by atoms with Gasteiger partial charge >= 0.3 is 12.3 Å². The van der Waals surface area contributed by atoms with Crippen molar-refractivity contribution in [3.8, 4) is 0 Å². The lowest BCUT2D eigenvalue weighted by molar-refractivity contribution is -0.187. The number of hydrogen-bond acceptors (Lipinski definition) is 4.